The molecule has 0 radical (unpaired) electrons. The molecule has 2 aromatic heterocycles. The predicted molar refractivity (Wildman–Crippen MR) is 104 cm³/mol. The second-order valence-electron chi connectivity index (χ2n) is 7.50. The maximum atomic E-state index is 12.8. The Bertz CT molecular complexity index is 1050. The number of amides is 1. The number of piperazine rings is 1. The standard InChI is InChI=1S/C19H20F6N6O3/c1-12(34-11-31-16(33)14(2-3-28-31)19(23,24)25)8-15(32)29-4-6-30(7-5-29)17-26-9-13(10-27-17)18(20,21)22/h2-3,9-10,12H,4-8,11H2,1H3. The zero-order valence-electron chi connectivity index (χ0n) is 17.8. The number of alkyl halides is 6. The molecular weight excluding hydrogens is 474 g/mol. The minimum Gasteiger partial charge on any atom is -0.356 e. The van der Waals surface area contributed by atoms with Gasteiger partial charge >= 0.3 is 12.4 Å². The molecule has 1 amide bonds. The molecule has 0 aromatic carbocycles. The summed E-state index contributed by atoms with van der Waals surface area (Å²) in [5, 5.41) is 3.55. The van der Waals surface area contributed by atoms with E-state index >= 15 is 0 Å². The van der Waals surface area contributed by atoms with Gasteiger partial charge in [0.25, 0.3) is 5.56 Å². The first-order valence-corrected chi connectivity index (χ1v) is 10.0. The lowest BCUT2D eigenvalue weighted by Gasteiger charge is -2.35. The van der Waals surface area contributed by atoms with E-state index in [0.717, 1.165) is 6.20 Å². The third-order valence-electron chi connectivity index (χ3n) is 5.04. The van der Waals surface area contributed by atoms with E-state index < -0.39 is 41.9 Å². The fraction of sp³-hybridized carbons (Fsp3) is 0.526. The molecule has 3 rings (SSSR count). The van der Waals surface area contributed by atoms with Crippen LogP contribution in [0, 0.1) is 0 Å². The summed E-state index contributed by atoms with van der Waals surface area (Å²) in [4.78, 5) is 35.0. The van der Waals surface area contributed by atoms with Gasteiger partial charge in [0, 0.05) is 44.8 Å². The van der Waals surface area contributed by atoms with Crippen molar-refractivity contribution in [3.8, 4) is 0 Å². The van der Waals surface area contributed by atoms with Crippen molar-refractivity contribution >= 4 is 11.9 Å². The van der Waals surface area contributed by atoms with Crippen molar-refractivity contribution in [2.24, 2.45) is 0 Å². The third kappa shape index (κ3) is 6.21. The van der Waals surface area contributed by atoms with Crippen LogP contribution in [0.15, 0.2) is 29.5 Å². The lowest BCUT2D eigenvalue weighted by molar-refractivity contribution is -0.140. The van der Waals surface area contributed by atoms with Crippen molar-refractivity contribution in [1.82, 2.24) is 24.6 Å². The summed E-state index contributed by atoms with van der Waals surface area (Å²) in [5.74, 6) is -0.166. The number of halogens is 6. The Hall–Kier alpha value is -3.23. The third-order valence-corrected chi connectivity index (χ3v) is 5.04. The number of ether oxygens (including phenoxy) is 1. The predicted octanol–water partition coefficient (Wildman–Crippen LogP) is 2.17. The van der Waals surface area contributed by atoms with Crippen LogP contribution in [0.3, 0.4) is 0 Å². The molecule has 3 heterocycles. The molecule has 0 aliphatic carbocycles. The highest BCUT2D eigenvalue weighted by molar-refractivity contribution is 5.77. The van der Waals surface area contributed by atoms with Gasteiger partial charge in [0.05, 0.1) is 18.1 Å². The Morgan fingerprint density at radius 3 is 2.24 bits per heavy atom. The molecule has 186 valence electrons. The Morgan fingerprint density at radius 1 is 1.06 bits per heavy atom. The molecule has 34 heavy (non-hydrogen) atoms. The second-order valence-corrected chi connectivity index (χ2v) is 7.50. The zero-order valence-corrected chi connectivity index (χ0v) is 17.8. The second kappa shape index (κ2) is 9.95. The van der Waals surface area contributed by atoms with Crippen LogP contribution in [0.2, 0.25) is 0 Å². The molecule has 2 aromatic rings. The number of hydrogen-bond acceptors (Lipinski definition) is 7. The van der Waals surface area contributed by atoms with Crippen LogP contribution < -0.4 is 10.5 Å². The van der Waals surface area contributed by atoms with Gasteiger partial charge in [-0.3, -0.25) is 9.59 Å². The van der Waals surface area contributed by atoms with Gasteiger partial charge in [-0.25, -0.2) is 14.6 Å². The average molecular weight is 494 g/mol. The first-order chi connectivity index (χ1) is 15.9. The number of carbonyl (C=O) groups excluding carboxylic acids is 1. The number of carbonyl (C=O) groups is 1. The molecule has 1 saturated heterocycles. The summed E-state index contributed by atoms with van der Waals surface area (Å²) in [6.45, 7) is 2.11. The van der Waals surface area contributed by atoms with E-state index in [-0.39, 0.29) is 31.4 Å². The Kier molecular flexibility index (Phi) is 7.43. The van der Waals surface area contributed by atoms with E-state index in [0.29, 0.717) is 36.2 Å². The van der Waals surface area contributed by atoms with Crippen LogP contribution in [-0.2, 0) is 28.6 Å². The lowest BCUT2D eigenvalue weighted by Crippen LogP contribution is -2.49. The van der Waals surface area contributed by atoms with Crippen LogP contribution in [0.1, 0.15) is 24.5 Å². The number of aromatic nitrogens is 4. The van der Waals surface area contributed by atoms with Gasteiger partial charge in [0.1, 0.15) is 12.3 Å². The summed E-state index contributed by atoms with van der Waals surface area (Å²) in [7, 11) is 0. The van der Waals surface area contributed by atoms with Gasteiger partial charge < -0.3 is 14.5 Å². The van der Waals surface area contributed by atoms with Crippen LogP contribution in [0.25, 0.3) is 0 Å². The fourth-order valence-corrected chi connectivity index (χ4v) is 3.18. The first kappa shape index (κ1) is 25.4. The Labute approximate surface area is 189 Å². The highest BCUT2D eigenvalue weighted by Gasteiger charge is 2.35. The minimum atomic E-state index is -4.82. The highest BCUT2D eigenvalue weighted by Crippen LogP contribution is 2.28. The van der Waals surface area contributed by atoms with Crippen molar-refractivity contribution < 1.29 is 35.9 Å². The monoisotopic (exact) mass is 494 g/mol. The molecule has 15 heteroatoms. The molecule has 1 unspecified atom stereocenters. The summed E-state index contributed by atoms with van der Waals surface area (Å²) in [5.41, 5.74) is -3.68. The van der Waals surface area contributed by atoms with Gasteiger partial charge in [-0.05, 0) is 13.0 Å². The van der Waals surface area contributed by atoms with Crippen LogP contribution >= 0.6 is 0 Å². The molecular formula is C19H20F6N6O3. The van der Waals surface area contributed by atoms with Crippen molar-refractivity contribution in [3.05, 3.63) is 46.1 Å². The first-order valence-electron chi connectivity index (χ1n) is 10.0. The highest BCUT2D eigenvalue weighted by atomic mass is 19.4. The zero-order chi connectivity index (χ0) is 25.1. The van der Waals surface area contributed by atoms with E-state index in [1.165, 1.54) is 11.8 Å². The molecule has 1 atom stereocenters. The summed E-state index contributed by atoms with van der Waals surface area (Å²) >= 11 is 0. The Balaban J connectivity index is 1.48. The van der Waals surface area contributed by atoms with Gasteiger partial charge in [-0.1, -0.05) is 0 Å². The van der Waals surface area contributed by atoms with E-state index in [2.05, 4.69) is 15.1 Å². The van der Waals surface area contributed by atoms with E-state index in [9.17, 15) is 35.9 Å². The van der Waals surface area contributed by atoms with Crippen molar-refractivity contribution in [1.29, 1.82) is 0 Å². The lowest BCUT2D eigenvalue weighted by atomic mass is 10.2. The van der Waals surface area contributed by atoms with E-state index in [4.69, 9.17) is 4.74 Å². The van der Waals surface area contributed by atoms with Crippen LogP contribution in [-0.4, -0.2) is 62.8 Å². The molecule has 0 spiro atoms. The minimum absolute atomic E-state index is 0.0928. The SMILES string of the molecule is CC(CC(=O)N1CCN(c2ncc(C(F)(F)F)cn2)CC1)OCn1nccc(C(F)(F)F)c1=O. The normalized spacial score (nSPS) is 16.0. The topological polar surface area (TPSA) is 93.4 Å². The number of rotatable bonds is 6. The molecule has 0 bridgehead atoms. The number of hydrogen-bond donors (Lipinski definition) is 0. The molecule has 1 aliphatic heterocycles. The van der Waals surface area contributed by atoms with Gasteiger partial charge in [-0.2, -0.15) is 31.4 Å². The van der Waals surface area contributed by atoms with Crippen molar-refractivity contribution in [2.45, 2.75) is 38.5 Å². The molecule has 9 nitrogen and oxygen atoms in total. The molecule has 1 aliphatic rings. The molecule has 0 saturated carbocycles. The average Bonchev–Trinajstić information content (AvgIpc) is 2.77. The van der Waals surface area contributed by atoms with Gasteiger partial charge in [0.2, 0.25) is 11.9 Å². The Morgan fingerprint density at radius 2 is 1.68 bits per heavy atom. The fourth-order valence-electron chi connectivity index (χ4n) is 3.18. The maximum absolute atomic E-state index is 12.8. The quantitative estimate of drug-likeness (QED) is 0.569. The van der Waals surface area contributed by atoms with E-state index in [1.54, 1.807) is 4.90 Å². The summed E-state index contributed by atoms with van der Waals surface area (Å²) in [6.07, 6.45) is -7.93. The van der Waals surface area contributed by atoms with Gasteiger partial charge in [-0.15, -0.1) is 0 Å². The van der Waals surface area contributed by atoms with Crippen LogP contribution in [0.4, 0.5) is 32.3 Å². The smallest absolute Gasteiger partial charge is 0.356 e. The molecule has 0 N–H and O–H groups in total. The number of nitrogens with zero attached hydrogens (tertiary/aromatic N) is 6. The number of anilines is 1. The van der Waals surface area contributed by atoms with Crippen LogP contribution in [0.5, 0.6) is 0 Å². The summed E-state index contributed by atoms with van der Waals surface area (Å²) < 4.78 is 82.2. The van der Waals surface area contributed by atoms with E-state index in [1.807, 2.05) is 0 Å². The van der Waals surface area contributed by atoms with Crippen molar-refractivity contribution in [3.63, 3.8) is 0 Å². The maximum Gasteiger partial charge on any atom is 0.421 e. The molecule has 1 fully saturated rings. The largest absolute Gasteiger partial charge is 0.421 e. The van der Waals surface area contributed by atoms with Gasteiger partial charge in [0.15, 0.2) is 0 Å². The summed E-state index contributed by atoms with van der Waals surface area (Å²) in [6, 6.07) is 0.571. The van der Waals surface area contributed by atoms with Crippen molar-refractivity contribution in [2.75, 3.05) is 31.1 Å².